The normalized spacial score (nSPS) is 17.2. The Balaban J connectivity index is 1.91. The van der Waals surface area contributed by atoms with E-state index in [9.17, 15) is 9.18 Å². The Morgan fingerprint density at radius 2 is 1.85 bits per heavy atom. The van der Waals surface area contributed by atoms with E-state index >= 15 is 0 Å². The molecule has 1 saturated heterocycles. The molecule has 2 aromatic rings. The van der Waals surface area contributed by atoms with E-state index in [0.717, 1.165) is 5.56 Å². The Bertz CT molecular complexity index is 894. The molecule has 5 nitrogen and oxygen atoms in total. The van der Waals surface area contributed by atoms with Gasteiger partial charge < -0.3 is 9.47 Å². The number of halogens is 1. The Labute approximate surface area is 155 Å². The summed E-state index contributed by atoms with van der Waals surface area (Å²) in [6.45, 7) is 0. The maximum absolute atomic E-state index is 13.0. The molecule has 0 radical (unpaired) electrons. The number of ether oxygens (including phenoxy) is 2. The van der Waals surface area contributed by atoms with Gasteiger partial charge in [-0.15, -0.1) is 0 Å². The summed E-state index contributed by atoms with van der Waals surface area (Å²) in [4.78, 5) is 18.9. The van der Waals surface area contributed by atoms with Gasteiger partial charge in [0.15, 0.2) is 5.17 Å². The van der Waals surface area contributed by atoms with Gasteiger partial charge >= 0.3 is 0 Å². The van der Waals surface area contributed by atoms with E-state index in [1.54, 1.807) is 51.6 Å². The van der Waals surface area contributed by atoms with Crippen molar-refractivity contribution < 1.29 is 18.7 Å². The summed E-state index contributed by atoms with van der Waals surface area (Å²) in [5.74, 6) is 0.792. The smallest absolute Gasteiger partial charge is 0.266 e. The Hall–Kier alpha value is -2.80. The van der Waals surface area contributed by atoms with Crippen LogP contribution in [-0.2, 0) is 4.79 Å². The first-order valence-corrected chi connectivity index (χ1v) is 8.57. The molecule has 26 heavy (non-hydrogen) atoms. The molecule has 0 saturated carbocycles. The number of methoxy groups -OCH3 is 2. The van der Waals surface area contributed by atoms with Crippen LogP contribution in [0.1, 0.15) is 5.56 Å². The fourth-order valence-electron chi connectivity index (χ4n) is 2.36. The van der Waals surface area contributed by atoms with Crippen molar-refractivity contribution in [3.8, 4) is 11.5 Å². The molecule has 0 atom stereocenters. The predicted octanol–water partition coefficient (Wildman–Crippen LogP) is 4.08. The standard InChI is InChI=1S/C19H17FN2O3S/c1-22-18(23)17(10-12-4-9-15(24-2)11-16(12)25-3)26-19(22)21-14-7-5-13(20)6-8-14/h4-11H,1-3H3/b17-10+,21-19?. The topological polar surface area (TPSA) is 51.1 Å². The quantitative estimate of drug-likeness (QED) is 0.759. The van der Waals surface area contributed by atoms with Crippen molar-refractivity contribution in [1.82, 2.24) is 4.90 Å². The highest BCUT2D eigenvalue weighted by Gasteiger charge is 2.30. The SMILES string of the molecule is COc1ccc(/C=C2/SC(=Nc3ccc(F)cc3)N(C)C2=O)c(OC)c1. The van der Waals surface area contributed by atoms with Crippen LogP contribution in [0.5, 0.6) is 11.5 Å². The molecular formula is C19H17FN2O3S. The van der Waals surface area contributed by atoms with E-state index < -0.39 is 0 Å². The summed E-state index contributed by atoms with van der Waals surface area (Å²) in [6, 6.07) is 11.2. The van der Waals surface area contributed by atoms with Crippen LogP contribution in [-0.4, -0.2) is 37.2 Å². The minimum atomic E-state index is -0.329. The van der Waals surface area contributed by atoms with Crippen molar-refractivity contribution in [3.05, 3.63) is 58.8 Å². The first kappa shape index (κ1) is 18.0. The van der Waals surface area contributed by atoms with Crippen molar-refractivity contribution in [2.75, 3.05) is 21.3 Å². The van der Waals surface area contributed by atoms with E-state index in [1.807, 2.05) is 6.07 Å². The van der Waals surface area contributed by atoms with Crippen LogP contribution < -0.4 is 9.47 Å². The summed E-state index contributed by atoms with van der Waals surface area (Å²) in [6.07, 6.45) is 1.76. The molecule has 0 bridgehead atoms. The maximum atomic E-state index is 13.0. The minimum Gasteiger partial charge on any atom is -0.497 e. The van der Waals surface area contributed by atoms with E-state index in [4.69, 9.17) is 9.47 Å². The minimum absolute atomic E-state index is 0.159. The Kier molecular flexibility index (Phi) is 5.27. The Morgan fingerprint density at radius 3 is 2.50 bits per heavy atom. The number of rotatable bonds is 4. The zero-order valence-electron chi connectivity index (χ0n) is 14.5. The van der Waals surface area contributed by atoms with Crippen LogP contribution in [0.15, 0.2) is 52.4 Å². The van der Waals surface area contributed by atoms with Gasteiger partial charge in [-0.25, -0.2) is 9.38 Å². The molecule has 1 aliphatic heterocycles. The van der Waals surface area contributed by atoms with Crippen LogP contribution >= 0.6 is 11.8 Å². The number of benzene rings is 2. The highest BCUT2D eigenvalue weighted by Crippen LogP contribution is 2.35. The van der Waals surface area contributed by atoms with Gasteiger partial charge in [-0.2, -0.15) is 0 Å². The molecule has 1 amide bonds. The number of carbonyl (C=O) groups is 1. The number of nitrogens with zero attached hydrogens (tertiary/aromatic N) is 2. The largest absolute Gasteiger partial charge is 0.497 e. The van der Waals surface area contributed by atoms with E-state index in [2.05, 4.69) is 4.99 Å². The molecule has 0 aromatic heterocycles. The van der Waals surface area contributed by atoms with Crippen LogP contribution in [0.3, 0.4) is 0 Å². The van der Waals surface area contributed by atoms with Crippen molar-refractivity contribution >= 4 is 34.6 Å². The number of aliphatic imine (C=N–C) groups is 1. The Morgan fingerprint density at radius 1 is 1.12 bits per heavy atom. The molecule has 134 valence electrons. The molecule has 3 rings (SSSR count). The van der Waals surface area contributed by atoms with Gasteiger partial charge in [-0.1, -0.05) is 0 Å². The lowest BCUT2D eigenvalue weighted by atomic mass is 10.1. The van der Waals surface area contributed by atoms with Gasteiger partial charge in [0.25, 0.3) is 5.91 Å². The molecule has 0 N–H and O–H groups in total. The second-order valence-corrected chi connectivity index (χ2v) is 6.46. The van der Waals surface area contributed by atoms with Crippen molar-refractivity contribution in [3.63, 3.8) is 0 Å². The average molecular weight is 372 g/mol. The van der Waals surface area contributed by atoms with E-state index in [0.29, 0.717) is 27.3 Å². The highest BCUT2D eigenvalue weighted by molar-refractivity contribution is 8.18. The number of amides is 1. The zero-order valence-corrected chi connectivity index (χ0v) is 15.3. The number of carbonyl (C=O) groups excluding carboxylic acids is 1. The van der Waals surface area contributed by atoms with Gasteiger partial charge in [-0.05, 0) is 54.2 Å². The monoisotopic (exact) mass is 372 g/mol. The van der Waals surface area contributed by atoms with Crippen molar-refractivity contribution in [2.45, 2.75) is 0 Å². The molecular weight excluding hydrogens is 355 g/mol. The molecule has 7 heteroatoms. The van der Waals surface area contributed by atoms with Gasteiger partial charge in [0.2, 0.25) is 0 Å². The lowest BCUT2D eigenvalue weighted by molar-refractivity contribution is -0.121. The summed E-state index contributed by atoms with van der Waals surface area (Å²) in [5, 5.41) is 0.528. The molecule has 0 unspecified atom stereocenters. The third kappa shape index (κ3) is 3.72. The zero-order chi connectivity index (χ0) is 18.7. The number of amidine groups is 1. The summed E-state index contributed by atoms with van der Waals surface area (Å²) >= 11 is 1.26. The maximum Gasteiger partial charge on any atom is 0.266 e. The fraction of sp³-hybridized carbons (Fsp3) is 0.158. The molecule has 1 heterocycles. The molecule has 2 aromatic carbocycles. The lowest BCUT2D eigenvalue weighted by Crippen LogP contribution is -2.23. The third-order valence-electron chi connectivity index (χ3n) is 3.78. The predicted molar refractivity (Wildman–Crippen MR) is 101 cm³/mol. The lowest BCUT2D eigenvalue weighted by Gasteiger charge is -2.08. The highest BCUT2D eigenvalue weighted by atomic mass is 32.2. The van der Waals surface area contributed by atoms with Crippen LogP contribution in [0.25, 0.3) is 6.08 Å². The summed E-state index contributed by atoms with van der Waals surface area (Å²) < 4.78 is 23.6. The summed E-state index contributed by atoms with van der Waals surface area (Å²) in [7, 11) is 4.80. The molecule has 1 fully saturated rings. The van der Waals surface area contributed by atoms with Gasteiger partial charge in [0.05, 0.1) is 24.8 Å². The van der Waals surface area contributed by atoms with E-state index in [-0.39, 0.29) is 11.7 Å². The van der Waals surface area contributed by atoms with Crippen molar-refractivity contribution in [2.24, 2.45) is 4.99 Å². The average Bonchev–Trinajstić information content (AvgIpc) is 2.92. The first-order chi connectivity index (χ1) is 12.5. The van der Waals surface area contributed by atoms with Crippen LogP contribution in [0.4, 0.5) is 10.1 Å². The van der Waals surface area contributed by atoms with Gasteiger partial charge in [-0.3, -0.25) is 9.69 Å². The van der Waals surface area contributed by atoms with Crippen molar-refractivity contribution in [1.29, 1.82) is 0 Å². The molecule has 1 aliphatic rings. The second-order valence-electron chi connectivity index (χ2n) is 5.45. The number of thioether (sulfide) groups is 1. The third-order valence-corrected chi connectivity index (χ3v) is 4.84. The molecule has 0 aliphatic carbocycles. The second kappa shape index (κ2) is 7.61. The number of hydrogen-bond acceptors (Lipinski definition) is 5. The first-order valence-electron chi connectivity index (χ1n) is 7.75. The number of hydrogen-bond donors (Lipinski definition) is 0. The van der Waals surface area contributed by atoms with Gasteiger partial charge in [0, 0.05) is 18.7 Å². The van der Waals surface area contributed by atoms with Gasteiger partial charge in [0.1, 0.15) is 17.3 Å². The summed E-state index contributed by atoms with van der Waals surface area (Å²) in [5.41, 5.74) is 1.34. The fourth-order valence-corrected chi connectivity index (χ4v) is 3.33. The number of likely N-dealkylation sites (N-methyl/N-ethyl adjacent to an activating group) is 1. The van der Waals surface area contributed by atoms with Crippen LogP contribution in [0.2, 0.25) is 0 Å². The van der Waals surface area contributed by atoms with E-state index in [1.165, 1.54) is 28.8 Å². The van der Waals surface area contributed by atoms with Crippen LogP contribution in [0, 0.1) is 5.82 Å². The molecule has 0 spiro atoms.